The minimum absolute atomic E-state index is 0.270. The molecule has 1 saturated heterocycles. The van der Waals surface area contributed by atoms with E-state index < -0.39 is 6.10 Å². The van der Waals surface area contributed by atoms with Gasteiger partial charge >= 0.3 is 0 Å². The van der Waals surface area contributed by atoms with Gasteiger partial charge in [-0.3, -0.25) is 0 Å². The lowest BCUT2D eigenvalue weighted by atomic mass is 10.1. The number of hydrogen-bond acceptors (Lipinski definition) is 5. The van der Waals surface area contributed by atoms with Crippen LogP contribution in [0.3, 0.4) is 0 Å². The van der Waals surface area contributed by atoms with Crippen molar-refractivity contribution in [3.63, 3.8) is 0 Å². The second kappa shape index (κ2) is 6.03. The molecule has 4 nitrogen and oxygen atoms in total. The molecule has 0 amide bonds. The largest absolute Gasteiger partial charge is 0.454 e. The van der Waals surface area contributed by atoms with Gasteiger partial charge in [0, 0.05) is 6.54 Å². The van der Waals surface area contributed by atoms with Crippen molar-refractivity contribution < 1.29 is 14.6 Å². The van der Waals surface area contributed by atoms with Crippen molar-refractivity contribution >= 4 is 11.8 Å². The molecule has 0 saturated carbocycles. The number of ether oxygens (including phenoxy) is 2. The summed E-state index contributed by atoms with van der Waals surface area (Å²) in [5.74, 6) is 4.76. The van der Waals surface area contributed by atoms with Gasteiger partial charge < -0.3 is 19.9 Å². The fraction of sp³-hybridized carbons (Fsp3) is 0.571. The Morgan fingerprint density at radius 1 is 1.37 bits per heavy atom. The SMILES string of the molecule is OC(CNCC1CCSC1)c1ccc2c(c1)OCO2. The summed E-state index contributed by atoms with van der Waals surface area (Å²) >= 11 is 2.02. The van der Waals surface area contributed by atoms with Gasteiger partial charge in [-0.2, -0.15) is 11.8 Å². The Labute approximate surface area is 117 Å². The quantitative estimate of drug-likeness (QED) is 0.862. The first-order chi connectivity index (χ1) is 9.33. The molecule has 0 aliphatic carbocycles. The minimum atomic E-state index is -0.497. The zero-order chi connectivity index (χ0) is 13.1. The molecule has 0 radical (unpaired) electrons. The van der Waals surface area contributed by atoms with Gasteiger partial charge in [0.1, 0.15) is 0 Å². The molecular formula is C14H19NO3S. The number of hydrogen-bond donors (Lipinski definition) is 2. The smallest absolute Gasteiger partial charge is 0.231 e. The van der Waals surface area contributed by atoms with E-state index in [1.165, 1.54) is 17.9 Å². The molecule has 2 N–H and O–H groups in total. The molecule has 0 bridgehead atoms. The predicted octanol–water partition coefficient (Wildman–Crippen LogP) is 1.79. The number of benzene rings is 1. The molecule has 2 atom stereocenters. The number of aliphatic hydroxyl groups is 1. The Kier molecular flexibility index (Phi) is 4.15. The lowest BCUT2D eigenvalue weighted by molar-refractivity contribution is 0.169. The van der Waals surface area contributed by atoms with Crippen LogP contribution in [-0.2, 0) is 0 Å². The summed E-state index contributed by atoms with van der Waals surface area (Å²) in [4.78, 5) is 0. The van der Waals surface area contributed by atoms with E-state index in [4.69, 9.17) is 9.47 Å². The van der Waals surface area contributed by atoms with E-state index >= 15 is 0 Å². The second-order valence-electron chi connectivity index (χ2n) is 5.02. The molecule has 19 heavy (non-hydrogen) atoms. The predicted molar refractivity (Wildman–Crippen MR) is 75.8 cm³/mol. The van der Waals surface area contributed by atoms with Crippen LogP contribution in [0.5, 0.6) is 11.5 Å². The minimum Gasteiger partial charge on any atom is -0.454 e. The topological polar surface area (TPSA) is 50.7 Å². The van der Waals surface area contributed by atoms with Gasteiger partial charge in [-0.05, 0) is 48.1 Å². The molecule has 0 spiro atoms. The summed E-state index contributed by atoms with van der Waals surface area (Å²) in [7, 11) is 0. The van der Waals surface area contributed by atoms with Crippen LogP contribution in [0.2, 0.25) is 0 Å². The van der Waals surface area contributed by atoms with Crippen LogP contribution in [0.25, 0.3) is 0 Å². The summed E-state index contributed by atoms with van der Waals surface area (Å²) in [6.07, 6.45) is 0.793. The van der Waals surface area contributed by atoms with Gasteiger partial charge in [-0.25, -0.2) is 0 Å². The van der Waals surface area contributed by atoms with E-state index in [0.29, 0.717) is 6.54 Å². The van der Waals surface area contributed by atoms with E-state index in [2.05, 4.69) is 5.32 Å². The maximum absolute atomic E-state index is 10.2. The Balaban J connectivity index is 1.50. The van der Waals surface area contributed by atoms with Crippen molar-refractivity contribution in [1.29, 1.82) is 0 Å². The highest BCUT2D eigenvalue weighted by molar-refractivity contribution is 7.99. The highest BCUT2D eigenvalue weighted by Gasteiger charge is 2.18. The average molecular weight is 281 g/mol. The molecule has 2 aliphatic rings. The van der Waals surface area contributed by atoms with Crippen LogP contribution < -0.4 is 14.8 Å². The van der Waals surface area contributed by atoms with Crippen LogP contribution in [0.15, 0.2) is 18.2 Å². The van der Waals surface area contributed by atoms with Crippen LogP contribution in [0, 0.1) is 5.92 Å². The van der Waals surface area contributed by atoms with Gasteiger partial charge in [0.15, 0.2) is 11.5 Å². The molecule has 104 valence electrons. The van der Waals surface area contributed by atoms with Gasteiger partial charge in [0.05, 0.1) is 6.10 Å². The van der Waals surface area contributed by atoms with Gasteiger partial charge in [-0.1, -0.05) is 6.07 Å². The van der Waals surface area contributed by atoms with E-state index in [9.17, 15) is 5.11 Å². The number of fused-ring (bicyclic) bond motifs is 1. The molecule has 3 rings (SSSR count). The van der Waals surface area contributed by atoms with Gasteiger partial charge in [0.25, 0.3) is 0 Å². The molecule has 2 unspecified atom stereocenters. The number of rotatable bonds is 5. The Bertz CT molecular complexity index is 435. The number of nitrogens with one attached hydrogen (secondary N) is 1. The summed E-state index contributed by atoms with van der Waals surface area (Å²) in [5.41, 5.74) is 0.873. The zero-order valence-corrected chi connectivity index (χ0v) is 11.6. The van der Waals surface area contributed by atoms with E-state index in [1.54, 1.807) is 0 Å². The van der Waals surface area contributed by atoms with Crippen molar-refractivity contribution in [2.75, 3.05) is 31.4 Å². The van der Waals surface area contributed by atoms with Crippen molar-refractivity contribution in [2.45, 2.75) is 12.5 Å². The van der Waals surface area contributed by atoms with E-state index in [0.717, 1.165) is 29.5 Å². The molecule has 1 aromatic carbocycles. The lowest BCUT2D eigenvalue weighted by Gasteiger charge is -2.15. The molecular weight excluding hydrogens is 262 g/mol. The summed E-state index contributed by atoms with van der Waals surface area (Å²) < 4.78 is 10.6. The second-order valence-corrected chi connectivity index (χ2v) is 6.17. The van der Waals surface area contributed by atoms with E-state index in [1.807, 2.05) is 30.0 Å². The number of aliphatic hydroxyl groups excluding tert-OH is 1. The maximum Gasteiger partial charge on any atom is 0.231 e. The van der Waals surface area contributed by atoms with Crippen LogP contribution in [0.4, 0.5) is 0 Å². The first kappa shape index (κ1) is 13.1. The van der Waals surface area contributed by atoms with Crippen molar-refractivity contribution in [3.8, 4) is 11.5 Å². The van der Waals surface area contributed by atoms with Crippen LogP contribution in [-0.4, -0.2) is 36.5 Å². The monoisotopic (exact) mass is 281 g/mol. The zero-order valence-electron chi connectivity index (χ0n) is 10.8. The van der Waals surface area contributed by atoms with Crippen molar-refractivity contribution in [1.82, 2.24) is 5.32 Å². The third kappa shape index (κ3) is 3.16. The van der Waals surface area contributed by atoms with Gasteiger partial charge in [-0.15, -0.1) is 0 Å². The number of thioether (sulfide) groups is 1. The summed E-state index contributed by atoms with van der Waals surface area (Å²) in [5, 5.41) is 13.5. The van der Waals surface area contributed by atoms with Crippen LogP contribution in [0.1, 0.15) is 18.1 Å². The molecule has 0 aromatic heterocycles. The fourth-order valence-corrected chi connectivity index (χ4v) is 3.69. The first-order valence-electron chi connectivity index (χ1n) is 6.69. The highest BCUT2D eigenvalue weighted by atomic mass is 32.2. The molecule has 1 aromatic rings. The normalized spacial score (nSPS) is 22.7. The Morgan fingerprint density at radius 2 is 2.26 bits per heavy atom. The van der Waals surface area contributed by atoms with E-state index in [-0.39, 0.29) is 6.79 Å². The van der Waals surface area contributed by atoms with Crippen molar-refractivity contribution in [3.05, 3.63) is 23.8 Å². The summed E-state index contributed by atoms with van der Waals surface area (Å²) in [6, 6.07) is 5.61. The van der Waals surface area contributed by atoms with Crippen molar-refractivity contribution in [2.24, 2.45) is 5.92 Å². The Morgan fingerprint density at radius 3 is 3.11 bits per heavy atom. The highest BCUT2D eigenvalue weighted by Crippen LogP contribution is 2.34. The lowest BCUT2D eigenvalue weighted by Crippen LogP contribution is -2.27. The third-order valence-electron chi connectivity index (χ3n) is 3.58. The molecule has 2 heterocycles. The summed E-state index contributed by atoms with van der Waals surface area (Å²) in [6.45, 7) is 1.85. The standard InChI is InChI=1S/C14H19NO3S/c16-12(7-15-6-10-3-4-19-8-10)11-1-2-13-14(5-11)18-9-17-13/h1-2,5,10,12,15-16H,3-4,6-9H2. The molecule has 1 fully saturated rings. The fourth-order valence-electron chi connectivity index (χ4n) is 2.41. The Hall–Kier alpha value is -0.910. The third-order valence-corrected chi connectivity index (χ3v) is 4.81. The van der Waals surface area contributed by atoms with Crippen LogP contribution >= 0.6 is 11.8 Å². The first-order valence-corrected chi connectivity index (χ1v) is 7.84. The molecule has 2 aliphatic heterocycles. The molecule has 5 heteroatoms. The maximum atomic E-state index is 10.2. The average Bonchev–Trinajstić information content (AvgIpc) is 3.08. The van der Waals surface area contributed by atoms with Gasteiger partial charge in [0.2, 0.25) is 6.79 Å².